The second kappa shape index (κ2) is 7.63. The van der Waals surface area contributed by atoms with Crippen molar-refractivity contribution >= 4 is 11.9 Å². The standard InChI is InChI=1S/C18H22N2O3/c1-4-15(14-9-7-13(2)8-10-14)19-17(21)12-23-18(22)16-6-5-11-20(16)3/h5-11,15H,4,12H2,1-3H3,(H,19,21)/t15-/m1/s1. The van der Waals surface area contributed by atoms with Crippen molar-refractivity contribution in [2.75, 3.05) is 6.61 Å². The van der Waals surface area contributed by atoms with Crippen molar-refractivity contribution in [1.82, 2.24) is 9.88 Å². The van der Waals surface area contributed by atoms with Crippen molar-refractivity contribution in [2.24, 2.45) is 7.05 Å². The van der Waals surface area contributed by atoms with Crippen LogP contribution < -0.4 is 5.32 Å². The molecule has 5 heteroatoms. The van der Waals surface area contributed by atoms with Gasteiger partial charge in [0.1, 0.15) is 5.69 Å². The molecule has 0 radical (unpaired) electrons. The number of hydrogen-bond acceptors (Lipinski definition) is 3. The summed E-state index contributed by atoms with van der Waals surface area (Å²) < 4.78 is 6.71. The third-order valence-electron chi connectivity index (χ3n) is 3.71. The molecule has 1 amide bonds. The lowest BCUT2D eigenvalue weighted by Crippen LogP contribution is -2.32. The van der Waals surface area contributed by atoms with Crippen LogP contribution in [0.15, 0.2) is 42.6 Å². The number of benzene rings is 1. The Labute approximate surface area is 136 Å². The summed E-state index contributed by atoms with van der Waals surface area (Å²) in [6.45, 7) is 3.74. The van der Waals surface area contributed by atoms with Crippen LogP contribution in [0.1, 0.15) is 41.0 Å². The van der Waals surface area contributed by atoms with Crippen molar-refractivity contribution in [3.63, 3.8) is 0 Å². The minimum Gasteiger partial charge on any atom is -0.451 e. The zero-order valence-corrected chi connectivity index (χ0v) is 13.7. The molecule has 122 valence electrons. The van der Waals surface area contributed by atoms with Crippen molar-refractivity contribution in [1.29, 1.82) is 0 Å². The minimum atomic E-state index is -0.504. The summed E-state index contributed by atoms with van der Waals surface area (Å²) in [5, 5.41) is 2.89. The first-order chi connectivity index (χ1) is 11.0. The number of hydrogen-bond donors (Lipinski definition) is 1. The van der Waals surface area contributed by atoms with E-state index < -0.39 is 5.97 Å². The van der Waals surface area contributed by atoms with Gasteiger partial charge in [0.15, 0.2) is 6.61 Å². The summed E-state index contributed by atoms with van der Waals surface area (Å²) in [4.78, 5) is 23.9. The topological polar surface area (TPSA) is 60.3 Å². The first-order valence-electron chi connectivity index (χ1n) is 7.65. The number of aromatic nitrogens is 1. The Hall–Kier alpha value is -2.56. The van der Waals surface area contributed by atoms with Gasteiger partial charge in [-0.2, -0.15) is 0 Å². The molecule has 1 aromatic carbocycles. The monoisotopic (exact) mass is 314 g/mol. The SMILES string of the molecule is CC[C@@H](NC(=O)COC(=O)c1cccn1C)c1ccc(C)cc1. The van der Waals surface area contributed by atoms with Gasteiger partial charge in [-0.1, -0.05) is 36.8 Å². The van der Waals surface area contributed by atoms with E-state index in [1.54, 1.807) is 29.9 Å². The molecule has 2 aromatic rings. The molecule has 0 saturated carbocycles. The molecule has 0 bridgehead atoms. The molecular formula is C18H22N2O3. The number of amides is 1. The van der Waals surface area contributed by atoms with Gasteiger partial charge in [0.25, 0.3) is 5.91 Å². The van der Waals surface area contributed by atoms with Gasteiger partial charge in [0, 0.05) is 13.2 Å². The molecule has 0 saturated heterocycles. The fourth-order valence-corrected chi connectivity index (χ4v) is 2.33. The van der Waals surface area contributed by atoms with E-state index in [1.165, 1.54) is 5.56 Å². The van der Waals surface area contributed by atoms with Gasteiger partial charge in [-0.15, -0.1) is 0 Å². The van der Waals surface area contributed by atoms with E-state index in [0.29, 0.717) is 5.69 Å². The lowest BCUT2D eigenvalue weighted by molar-refractivity contribution is -0.125. The molecular weight excluding hydrogens is 292 g/mol. The van der Waals surface area contributed by atoms with Gasteiger partial charge in [-0.25, -0.2) is 4.79 Å². The maximum Gasteiger partial charge on any atom is 0.355 e. The van der Waals surface area contributed by atoms with Crippen LogP contribution in [0.2, 0.25) is 0 Å². The maximum atomic E-state index is 12.0. The van der Waals surface area contributed by atoms with Crippen LogP contribution in [0.3, 0.4) is 0 Å². The Morgan fingerprint density at radius 3 is 2.48 bits per heavy atom. The number of nitrogens with one attached hydrogen (secondary N) is 1. The highest BCUT2D eigenvalue weighted by molar-refractivity contribution is 5.90. The highest BCUT2D eigenvalue weighted by Crippen LogP contribution is 2.17. The second-order valence-electron chi connectivity index (χ2n) is 5.52. The third kappa shape index (κ3) is 4.45. The lowest BCUT2D eigenvalue weighted by Gasteiger charge is -2.17. The van der Waals surface area contributed by atoms with Crippen LogP contribution >= 0.6 is 0 Å². The maximum absolute atomic E-state index is 12.0. The van der Waals surface area contributed by atoms with Crippen LogP contribution in [0, 0.1) is 6.92 Å². The van der Waals surface area contributed by atoms with E-state index in [4.69, 9.17) is 4.74 Å². The summed E-state index contributed by atoms with van der Waals surface area (Å²) in [5.74, 6) is -0.809. The number of nitrogens with zero attached hydrogens (tertiary/aromatic N) is 1. The Balaban J connectivity index is 1.89. The van der Waals surface area contributed by atoms with Crippen LogP contribution in [0.4, 0.5) is 0 Å². The van der Waals surface area contributed by atoms with Crippen molar-refractivity contribution in [3.05, 3.63) is 59.4 Å². The smallest absolute Gasteiger partial charge is 0.355 e. The summed E-state index contributed by atoms with van der Waals surface area (Å²) in [6, 6.07) is 11.3. The van der Waals surface area contributed by atoms with Crippen molar-refractivity contribution < 1.29 is 14.3 Å². The highest BCUT2D eigenvalue weighted by atomic mass is 16.5. The van der Waals surface area contributed by atoms with Gasteiger partial charge in [-0.05, 0) is 31.0 Å². The van der Waals surface area contributed by atoms with E-state index in [9.17, 15) is 9.59 Å². The molecule has 0 unspecified atom stereocenters. The Bertz CT molecular complexity index is 674. The number of carbonyl (C=O) groups is 2. The molecule has 1 atom stereocenters. The minimum absolute atomic E-state index is 0.0863. The summed E-state index contributed by atoms with van der Waals surface area (Å²) in [5.41, 5.74) is 2.63. The van der Waals surface area contributed by atoms with Crippen LogP contribution in [-0.4, -0.2) is 23.1 Å². The Morgan fingerprint density at radius 1 is 1.22 bits per heavy atom. The highest BCUT2D eigenvalue weighted by Gasteiger charge is 2.16. The molecule has 1 heterocycles. The van der Waals surface area contributed by atoms with E-state index in [1.807, 2.05) is 38.1 Å². The zero-order chi connectivity index (χ0) is 16.8. The fraction of sp³-hybridized carbons (Fsp3) is 0.333. The molecule has 2 rings (SSSR count). The zero-order valence-electron chi connectivity index (χ0n) is 13.7. The van der Waals surface area contributed by atoms with Gasteiger partial charge >= 0.3 is 5.97 Å². The summed E-state index contributed by atoms with van der Waals surface area (Å²) in [7, 11) is 1.75. The Kier molecular flexibility index (Phi) is 5.57. The third-order valence-corrected chi connectivity index (χ3v) is 3.71. The van der Waals surface area contributed by atoms with Gasteiger partial charge in [-0.3, -0.25) is 4.79 Å². The first kappa shape index (κ1) is 16.8. The lowest BCUT2D eigenvalue weighted by atomic mass is 10.0. The normalized spacial score (nSPS) is 11.8. The predicted molar refractivity (Wildman–Crippen MR) is 88.0 cm³/mol. The molecule has 1 aromatic heterocycles. The van der Waals surface area contributed by atoms with Gasteiger partial charge in [0.05, 0.1) is 6.04 Å². The second-order valence-corrected chi connectivity index (χ2v) is 5.52. The summed E-state index contributed by atoms with van der Waals surface area (Å²) >= 11 is 0. The molecule has 0 aliphatic heterocycles. The van der Waals surface area contributed by atoms with Gasteiger partial charge in [0.2, 0.25) is 0 Å². The predicted octanol–water partition coefficient (Wildman–Crippen LogP) is 2.76. The number of esters is 1. The fourth-order valence-electron chi connectivity index (χ4n) is 2.33. The average molecular weight is 314 g/mol. The molecule has 1 N–H and O–H groups in total. The van der Waals surface area contributed by atoms with E-state index in [-0.39, 0.29) is 18.6 Å². The number of aryl methyl sites for hydroxylation is 2. The number of carbonyl (C=O) groups excluding carboxylic acids is 2. The van der Waals surface area contributed by atoms with E-state index in [0.717, 1.165) is 12.0 Å². The summed E-state index contributed by atoms with van der Waals surface area (Å²) in [6.07, 6.45) is 2.52. The number of ether oxygens (including phenoxy) is 1. The van der Waals surface area contributed by atoms with Gasteiger partial charge < -0.3 is 14.6 Å². The van der Waals surface area contributed by atoms with Crippen LogP contribution in [0.25, 0.3) is 0 Å². The van der Waals surface area contributed by atoms with Crippen molar-refractivity contribution in [2.45, 2.75) is 26.3 Å². The molecule has 0 spiro atoms. The van der Waals surface area contributed by atoms with Crippen LogP contribution in [-0.2, 0) is 16.6 Å². The molecule has 0 aliphatic carbocycles. The van der Waals surface area contributed by atoms with E-state index >= 15 is 0 Å². The molecule has 5 nitrogen and oxygen atoms in total. The van der Waals surface area contributed by atoms with E-state index in [2.05, 4.69) is 5.32 Å². The largest absolute Gasteiger partial charge is 0.451 e. The number of rotatable bonds is 6. The van der Waals surface area contributed by atoms with Crippen LogP contribution in [0.5, 0.6) is 0 Å². The quantitative estimate of drug-likeness (QED) is 0.834. The average Bonchev–Trinajstić information content (AvgIpc) is 2.97. The molecule has 23 heavy (non-hydrogen) atoms. The van der Waals surface area contributed by atoms with Crippen molar-refractivity contribution in [3.8, 4) is 0 Å². The first-order valence-corrected chi connectivity index (χ1v) is 7.65. The Morgan fingerprint density at radius 2 is 1.91 bits per heavy atom. The molecule has 0 aliphatic rings. The molecule has 0 fully saturated rings.